The number of aliphatic hydroxyl groups is 1. The van der Waals surface area contributed by atoms with E-state index in [4.69, 9.17) is 16.7 Å². The summed E-state index contributed by atoms with van der Waals surface area (Å²) in [5, 5.41) is 11.5. The fourth-order valence-electron chi connectivity index (χ4n) is 1.41. The number of rotatable bonds is 8. The summed E-state index contributed by atoms with van der Waals surface area (Å²) in [6.45, 7) is 7.16. The molecule has 0 fully saturated rings. The number of carbonyl (C=O) groups is 1. The third-order valence-electron chi connectivity index (χ3n) is 2.58. The molecule has 1 amide bonds. The molecule has 0 saturated carbocycles. The Morgan fingerprint density at radius 1 is 1.47 bits per heavy atom. The molecule has 0 saturated heterocycles. The third kappa shape index (κ3) is 8.18. The van der Waals surface area contributed by atoms with E-state index in [9.17, 15) is 4.79 Å². The minimum atomic E-state index is -0.370. The van der Waals surface area contributed by atoms with Gasteiger partial charge in [0.2, 0.25) is 5.91 Å². The first-order chi connectivity index (χ1) is 7.78. The monoisotopic (exact) mass is 263 g/mol. The van der Waals surface area contributed by atoms with Crippen LogP contribution in [0.3, 0.4) is 0 Å². The Balaban J connectivity index is 3.93. The van der Waals surface area contributed by atoms with Crippen molar-refractivity contribution in [1.82, 2.24) is 5.32 Å². The van der Waals surface area contributed by atoms with Crippen LogP contribution in [0.4, 0.5) is 0 Å². The quantitative estimate of drug-likeness (QED) is 0.298. The molecule has 0 aliphatic carbocycles. The number of amides is 1. The van der Waals surface area contributed by atoms with E-state index in [0.29, 0.717) is 12.0 Å². The summed E-state index contributed by atoms with van der Waals surface area (Å²) in [6, 6.07) is 0. The lowest BCUT2D eigenvalue weighted by atomic mass is 10.3. The summed E-state index contributed by atoms with van der Waals surface area (Å²) in [5.41, 5.74) is 0.0930. The molecule has 0 spiro atoms. The number of nitrogens with zero attached hydrogens (tertiary/aromatic N) is 1. The highest BCUT2D eigenvalue weighted by Crippen LogP contribution is 2.06. The average Bonchev–Trinajstić information content (AvgIpc) is 2.24. The molecule has 0 aromatic carbocycles. The Hall–Kier alpha value is -0.580. The number of nitrogens with one attached hydrogen (secondary N) is 1. The van der Waals surface area contributed by atoms with E-state index in [0.717, 1.165) is 24.0 Å². The van der Waals surface area contributed by atoms with E-state index in [1.165, 1.54) is 0 Å². The minimum Gasteiger partial charge on any atom is -0.396 e. The number of alkyl halides is 1. The summed E-state index contributed by atoms with van der Waals surface area (Å²) in [7, 11) is 4.17. The summed E-state index contributed by atoms with van der Waals surface area (Å²) in [4.78, 5) is 11.3. The van der Waals surface area contributed by atoms with E-state index < -0.39 is 0 Å². The number of hydrogen-bond acceptors (Lipinski definition) is 2. The predicted molar refractivity (Wildman–Crippen MR) is 70.8 cm³/mol. The molecule has 0 radical (unpaired) electrons. The van der Waals surface area contributed by atoms with E-state index >= 15 is 0 Å². The van der Waals surface area contributed by atoms with Crippen molar-refractivity contribution in [2.24, 2.45) is 0 Å². The Morgan fingerprint density at radius 3 is 2.53 bits per heavy atom. The molecule has 0 rings (SSSR count). The van der Waals surface area contributed by atoms with Gasteiger partial charge in [-0.15, -0.1) is 0 Å². The Morgan fingerprint density at radius 2 is 2.06 bits per heavy atom. The zero-order chi connectivity index (χ0) is 13.5. The molecular weight excluding hydrogens is 240 g/mol. The highest BCUT2D eigenvalue weighted by molar-refractivity contribution is 6.21. The second-order valence-electron chi connectivity index (χ2n) is 4.97. The topological polar surface area (TPSA) is 49.3 Å². The van der Waals surface area contributed by atoms with Crippen LogP contribution >= 0.6 is 11.6 Å². The summed E-state index contributed by atoms with van der Waals surface area (Å²) >= 11 is 6.03. The summed E-state index contributed by atoms with van der Waals surface area (Å²) in [5.74, 6) is -0.203. The van der Waals surface area contributed by atoms with Crippen LogP contribution < -0.4 is 5.32 Å². The molecule has 100 valence electrons. The Kier molecular flexibility index (Phi) is 7.43. The molecule has 0 aromatic rings. The van der Waals surface area contributed by atoms with E-state index in [1.807, 2.05) is 0 Å². The normalized spacial score (nSPS) is 13.2. The highest BCUT2D eigenvalue weighted by atomic mass is 35.5. The second kappa shape index (κ2) is 7.69. The molecule has 0 heterocycles. The van der Waals surface area contributed by atoms with Crippen LogP contribution in [-0.2, 0) is 4.79 Å². The first-order valence-corrected chi connectivity index (χ1v) is 6.25. The van der Waals surface area contributed by atoms with Crippen molar-refractivity contribution in [2.75, 3.05) is 33.8 Å². The molecule has 0 aliphatic rings. The van der Waals surface area contributed by atoms with Gasteiger partial charge in [-0.05, 0) is 6.92 Å². The van der Waals surface area contributed by atoms with Crippen LogP contribution in [0.2, 0.25) is 0 Å². The average molecular weight is 264 g/mol. The maximum absolute atomic E-state index is 11.3. The van der Waals surface area contributed by atoms with Crippen LogP contribution in [0.5, 0.6) is 0 Å². The van der Waals surface area contributed by atoms with Gasteiger partial charge in [-0.1, -0.05) is 18.2 Å². The SMILES string of the molecule is C=C(C)C(=O)NC(Cl)CC[N+](C)(C)CCCO. The Labute approximate surface area is 109 Å². The first kappa shape index (κ1) is 16.4. The van der Waals surface area contributed by atoms with Crippen LogP contribution in [-0.4, -0.2) is 54.8 Å². The maximum Gasteiger partial charge on any atom is 0.247 e. The summed E-state index contributed by atoms with van der Waals surface area (Å²) < 4.78 is 0.784. The van der Waals surface area contributed by atoms with E-state index in [1.54, 1.807) is 6.92 Å². The van der Waals surface area contributed by atoms with Crippen LogP contribution in [0.25, 0.3) is 0 Å². The van der Waals surface area contributed by atoms with Crippen molar-refractivity contribution in [2.45, 2.75) is 25.3 Å². The van der Waals surface area contributed by atoms with Gasteiger partial charge >= 0.3 is 0 Å². The van der Waals surface area contributed by atoms with Gasteiger partial charge in [-0.25, -0.2) is 0 Å². The standard InChI is InChI=1S/C12H23ClN2O2/c1-10(2)12(17)14-11(13)6-8-15(3,4)7-5-9-16/h11,16H,1,5-9H2,2-4H3/p+1. The first-order valence-electron chi connectivity index (χ1n) is 5.82. The molecule has 1 atom stereocenters. The van der Waals surface area contributed by atoms with Gasteiger partial charge in [0, 0.05) is 25.0 Å². The molecular formula is C12H24ClN2O2+. The van der Waals surface area contributed by atoms with Gasteiger partial charge in [-0.3, -0.25) is 4.79 Å². The van der Waals surface area contributed by atoms with Crippen LogP contribution in [0.15, 0.2) is 12.2 Å². The van der Waals surface area contributed by atoms with Crippen molar-refractivity contribution < 1.29 is 14.4 Å². The third-order valence-corrected chi connectivity index (χ3v) is 2.91. The fraction of sp³-hybridized carbons (Fsp3) is 0.750. The van der Waals surface area contributed by atoms with Crippen molar-refractivity contribution in [1.29, 1.82) is 0 Å². The highest BCUT2D eigenvalue weighted by Gasteiger charge is 2.18. The molecule has 0 bridgehead atoms. The van der Waals surface area contributed by atoms with Gasteiger partial charge in [0.15, 0.2) is 0 Å². The van der Waals surface area contributed by atoms with Gasteiger partial charge in [0.05, 0.1) is 27.2 Å². The fourth-order valence-corrected chi connectivity index (χ4v) is 1.61. The second-order valence-corrected chi connectivity index (χ2v) is 5.50. The van der Waals surface area contributed by atoms with E-state index in [-0.39, 0.29) is 18.0 Å². The molecule has 0 aliphatic heterocycles. The molecule has 0 aromatic heterocycles. The van der Waals surface area contributed by atoms with Gasteiger partial charge < -0.3 is 14.9 Å². The minimum absolute atomic E-state index is 0.203. The number of halogens is 1. The van der Waals surface area contributed by atoms with Crippen molar-refractivity contribution in [3.8, 4) is 0 Å². The predicted octanol–water partition coefficient (Wildman–Crippen LogP) is 1.09. The zero-order valence-electron chi connectivity index (χ0n) is 11.0. The van der Waals surface area contributed by atoms with Crippen LogP contribution in [0, 0.1) is 0 Å². The number of hydrogen-bond donors (Lipinski definition) is 2. The van der Waals surface area contributed by atoms with Gasteiger partial charge in [-0.2, -0.15) is 0 Å². The van der Waals surface area contributed by atoms with E-state index in [2.05, 4.69) is 26.0 Å². The molecule has 1 unspecified atom stereocenters. The van der Waals surface area contributed by atoms with Gasteiger partial charge in [0.25, 0.3) is 0 Å². The maximum atomic E-state index is 11.3. The lowest BCUT2D eigenvalue weighted by Gasteiger charge is -2.30. The molecule has 5 heteroatoms. The molecule has 2 N–H and O–H groups in total. The van der Waals surface area contributed by atoms with Crippen molar-refractivity contribution >= 4 is 17.5 Å². The smallest absolute Gasteiger partial charge is 0.247 e. The van der Waals surface area contributed by atoms with Gasteiger partial charge in [0.1, 0.15) is 5.50 Å². The lowest BCUT2D eigenvalue weighted by molar-refractivity contribution is -0.890. The number of carbonyl (C=O) groups excluding carboxylic acids is 1. The lowest BCUT2D eigenvalue weighted by Crippen LogP contribution is -2.44. The molecule has 17 heavy (non-hydrogen) atoms. The van der Waals surface area contributed by atoms with Crippen LogP contribution in [0.1, 0.15) is 19.8 Å². The largest absolute Gasteiger partial charge is 0.396 e. The Bertz CT molecular complexity index is 267. The van der Waals surface area contributed by atoms with Crippen molar-refractivity contribution in [3.63, 3.8) is 0 Å². The van der Waals surface area contributed by atoms with Crippen molar-refractivity contribution in [3.05, 3.63) is 12.2 Å². The zero-order valence-corrected chi connectivity index (χ0v) is 11.8. The summed E-state index contributed by atoms with van der Waals surface area (Å²) in [6.07, 6.45) is 1.47. The molecule has 4 nitrogen and oxygen atoms in total. The number of quaternary nitrogens is 1. The number of aliphatic hydroxyl groups excluding tert-OH is 1.